The van der Waals surface area contributed by atoms with Crippen molar-refractivity contribution in [2.45, 2.75) is 19.8 Å². The van der Waals surface area contributed by atoms with Crippen molar-refractivity contribution in [3.63, 3.8) is 0 Å². The second kappa shape index (κ2) is 9.71. The minimum atomic E-state index is -0.179. The van der Waals surface area contributed by atoms with E-state index in [1.165, 1.54) is 5.56 Å². The summed E-state index contributed by atoms with van der Waals surface area (Å²) in [4.78, 5) is 30.8. The third-order valence-electron chi connectivity index (χ3n) is 4.94. The zero-order chi connectivity index (χ0) is 21.5. The lowest BCUT2D eigenvalue weighted by atomic mass is 10.0. The molecule has 1 amide bonds. The molecule has 1 N–H and O–H groups in total. The van der Waals surface area contributed by atoms with E-state index in [4.69, 9.17) is 4.98 Å². The van der Waals surface area contributed by atoms with E-state index in [0.29, 0.717) is 29.3 Å². The van der Waals surface area contributed by atoms with E-state index >= 15 is 0 Å². The van der Waals surface area contributed by atoms with Gasteiger partial charge in [0, 0.05) is 42.5 Å². The highest BCUT2D eigenvalue weighted by Gasteiger charge is 2.20. The van der Waals surface area contributed by atoms with Gasteiger partial charge >= 0.3 is 0 Å². The van der Waals surface area contributed by atoms with Crippen LogP contribution in [0.4, 0.5) is 0 Å². The maximum Gasteiger partial charge on any atom is 0.255 e. The highest BCUT2D eigenvalue weighted by Crippen LogP contribution is 2.26. The second-order valence-corrected chi connectivity index (χ2v) is 7.18. The Morgan fingerprint density at radius 1 is 0.871 bits per heavy atom. The van der Waals surface area contributed by atoms with Gasteiger partial charge in [0.25, 0.3) is 5.91 Å². The van der Waals surface area contributed by atoms with Crippen molar-refractivity contribution in [1.82, 2.24) is 25.3 Å². The topological polar surface area (TPSA) is 80.7 Å². The summed E-state index contributed by atoms with van der Waals surface area (Å²) >= 11 is 0. The van der Waals surface area contributed by atoms with Gasteiger partial charge in [-0.3, -0.25) is 14.8 Å². The molecule has 0 fully saturated rings. The SMILES string of the molecule is Cc1nc(-c2cccnc2)nc(-c2cccnc2)c1C(=O)NCCCc1ccccc1. The first-order chi connectivity index (χ1) is 15.2. The molecule has 0 aliphatic rings. The van der Waals surface area contributed by atoms with Gasteiger partial charge in [0.15, 0.2) is 5.82 Å². The van der Waals surface area contributed by atoms with E-state index in [9.17, 15) is 4.79 Å². The van der Waals surface area contributed by atoms with Gasteiger partial charge in [-0.1, -0.05) is 30.3 Å². The lowest BCUT2D eigenvalue weighted by molar-refractivity contribution is 0.0952. The molecule has 0 saturated carbocycles. The number of aryl methyl sites for hydroxylation is 2. The van der Waals surface area contributed by atoms with Crippen molar-refractivity contribution < 1.29 is 4.79 Å². The molecule has 0 aliphatic carbocycles. The molecule has 0 atom stereocenters. The molecule has 0 spiro atoms. The summed E-state index contributed by atoms with van der Waals surface area (Å²) in [6.45, 7) is 2.41. The number of benzene rings is 1. The van der Waals surface area contributed by atoms with Crippen molar-refractivity contribution in [3.05, 3.63) is 96.2 Å². The van der Waals surface area contributed by atoms with E-state index in [1.807, 2.05) is 49.4 Å². The number of rotatable bonds is 7. The molecular weight excluding hydrogens is 386 g/mol. The highest BCUT2D eigenvalue weighted by atomic mass is 16.1. The summed E-state index contributed by atoms with van der Waals surface area (Å²) in [6.07, 6.45) is 8.59. The van der Waals surface area contributed by atoms with Crippen LogP contribution in [0.5, 0.6) is 0 Å². The number of carbonyl (C=O) groups is 1. The molecular formula is C25H23N5O. The average Bonchev–Trinajstić information content (AvgIpc) is 2.83. The van der Waals surface area contributed by atoms with Crippen LogP contribution in [0.2, 0.25) is 0 Å². The summed E-state index contributed by atoms with van der Waals surface area (Å²) in [5.41, 5.74) is 4.49. The van der Waals surface area contributed by atoms with Crippen LogP contribution >= 0.6 is 0 Å². The maximum atomic E-state index is 13.1. The molecule has 4 rings (SSSR count). The van der Waals surface area contributed by atoms with Gasteiger partial charge in [-0.25, -0.2) is 9.97 Å². The molecule has 4 aromatic rings. The Balaban J connectivity index is 1.59. The van der Waals surface area contributed by atoms with Crippen molar-refractivity contribution in [2.24, 2.45) is 0 Å². The van der Waals surface area contributed by atoms with Gasteiger partial charge < -0.3 is 5.32 Å². The molecule has 0 saturated heterocycles. The Labute approximate surface area is 181 Å². The van der Waals surface area contributed by atoms with Crippen molar-refractivity contribution in [1.29, 1.82) is 0 Å². The maximum absolute atomic E-state index is 13.1. The van der Waals surface area contributed by atoms with Crippen LogP contribution in [-0.2, 0) is 6.42 Å². The van der Waals surface area contributed by atoms with Crippen molar-refractivity contribution in [2.75, 3.05) is 6.54 Å². The lowest BCUT2D eigenvalue weighted by Gasteiger charge is -2.14. The summed E-state index contributed by atoms with van der Waals surface area (Å²) in [5, 5.41) is 3.03. The Morgan fingerprint density at radius 3 is 2.26 bits per heavy atom. The van der Waals surface area contributed by atoms with Gasteiger partial charge in [-0.2, -0.15) is 0 Å². The quantitative estimate of drug-likeness (QED) is 0.461. The zero-order valence-electron chi connectivity index (χ0n) is 17.3. The number of carbonyl (C=O) groups excluding carboxylic acids is 1. The van der Waals surface area contributed by atoms with Crippen LogP contribution < -0.4 is 5.32 Å². The van der Waals surface area contributed by atoms with Gasteiger partial charge in [0.05, 0.1) is 17.0 Å². The van der Waals surface area contributed by atoms with Gasteiger partial charge in [0.2, 0.25) is 0 Å². The molecule has 0 aliphatic heterocycles. The highest BCUT2D eigenvalue weighted by molar-refractivity contribution is 6.01. The first kappa shape index (κ1) is 20.3. The minimum absolute atomic E-state index is 0.179. The number of nitrogens with one attached hydrogen (secondary N) is 1. The Morgan fingerprint density at radius 2 is 1.58 bits per heavy atom. The van der Waals surface area contributed by atoms with Gasteiger partial charge in [-0.15, -0.1) is 0 Å². The molecule has 0 unspecified atom stereocenters. The van der Waals surface area contributed by atoms with Gasteiger partial charge in [-0.05, 0) is 49.6 Å². The molecule has 0 radical (unpaired) electrons. The van der Waals surface area contributed by atoms with E-state index in [0.717, 1.165) is 24.0 Å². The van der Waals surface area contributed by atoms with Crippen LogP contribution in [0, 0.1) is 6.92 Å². The summed E-state index contributed by atoms with van der Waals surface area (Å²) in [5.74, 6) is 0.354. The molecule has 0 bridgehead atoms. The van der Waals surface area contributed by atoms with E-state index in [-0.39, 0.29) is 5.91 Å². The van der Waals surface area contributed by atoms with Crippen molar-refractivity contribution >= 4 is 5.91 Å². The first-order valence-electron chi connectivity index (χ1n) is 10.2. The van der Waals surface area contributed by atoms with Crippen LogP contribution in [0.25, 0.3) is 22.6 Å². The second-order valence-electron chi connectivity index (χ2n) is 7.18. The van der Waals surface area contributed by atoms with Crippen LogP contribution in [0.3, 0.4) is 0 Å². The number of hydrogen-bond donors (Lipinski definition) is 1. The molecule has 3 aromatic heterocycles. The number of nitrogens with zero attached hydrogens (tertiary/aromatic N) is 4. The number of amides is 1. The molecule has 31 heavy (non-hydrogen) atoms. The summed E-state index contributed by atoms with van der Waals surface area (Å²) in [6, 6.07) is 17.7. The lowest BCUT2D eigenvalue weighted by Crippen LogP contribution is -2.27. The third-order valence-corrected chi connectivity index (χ3v) is 4.94. The largest absolute Gasteiger partial charge is 0.352 e. The minimum Gasteiger partial charge on any atom is -0.352 e. The van der Waals surface area contributed by atoms with E-state index in [2.05, 4.69) is 32.4 Å². The molecule has 3 heterocycles. The van der Waals surface area contributed by atoms with E-state index < -0.39 is 0 Å². The number of aromatic nitrogens is 4. The van der Waals surface area contributed by atoms with Crippen LogP contribution in [-0.4, -0.2) is 32.4 Å². The fraction of sp³-hybridized carbons (Fsp3) is 0.160. The Kier molecular flexibility index (Phi) is 6.38. The smallest absolute Gasteiger partial charge is 0.255 e. The Bertz CT molecular complexity index is 1150. The average molecular weight is 409 g/mol. The normalized spacial score (nSPS) is 10.6. The fourth-order valence-corrected chi connectivity index (χ4v) is 3.41. The Hall–Kier alpha value is -3.93. The molecule has 6 nitrogen and oxygen atoms in total. The standard InChI is InChI=1S/C25H23N5O/c1-18-22(25(31)28-15-5-10-19-8-3-2-4-9-19)23(20-11-6-13-26-16-20)30-24(29-18)21-12-7-14-27-17-21/h2-4,6-9,11-14,16-17H,5,10,15H2,1H3,(H,28,31). The molecule has 6 heteroatoms. The van der Waals surface area contributed by atoms with Crippen LogP contribution in [0.15, 0.2) is 79.4 Å². The third kappa shape index (κ3) is 4.98. The summed E-state index contributed by atoms with van der Waals surface area (Å²) < 4.78 is 0. The predicted molar refractivity (Wildman–Crippen MR) is 120 cm³/mol. The summed E-state index contributed by atoms with van der Waals surface area (Å²) in [7, 11) is 0. The number of hydrogen-bond acceptors (Lipinski definition) is 5. The first-order valence-corrected chi connectivity index (χ1v) is 10.2. The number of pyridine rings is 2. The van der Waals surface area contributed by atoms with Crippen LogP contribution in [0.1, 0.15) is 28.0 Å². The fourth-order valence-electron chi connectivity index (χ4n) is 3.41. The predicted octanol–water partition coefficient (Wildman–Crippen LogP) is 4.27. The molecule has 1 aromatic carbocycles. The van der Waals surface area contributed by atoms with Crippen molar-refractivity contribution in [3.8, 4) is 22.6 Å². The zero-order valence-corrected chi connectivity index (χ0v) is 17.3. The monoisotopic (exact) mass is 409 g/mol. The van der Waals surface area contributed by atoms with E-state index in [1.54, 1.807) is 24.8 Å². The molecule has 154 valence electrons. The van der Waals surface area contributed by atoms with Gasteiger partial charge in [0.1, 0.15) is 0 Å².